The lowest BCUT2D eigenvalue weighted by Crippen LogP contribution is -2.42. The van der Waals surface area contributed by atoms with Crippen LogP contribution < -0.4 is 9.62 Å². The van der Waals surface area contributed by atoms with Gasteiger partial charge in [0, 0.05) is 0 Å². The molecule has 0 aliphatic heterocycles. The van der Waals surface area contributed by atoms with E-state index >= 15 is 0 Å². The van der Waals surface area contributed by atoms with E-state index in [0.29, 0.717) is 5.69 Å². The number of hydrogen-bond donors (Lipinski definition) is 1. The van der Waals surface area contributed by atoms with E-state index < -0.39 is 34.3 Å². The smallest absolute Gasteiger partial charge is 0.264 e. The fourth-order valence-electron chi connectivity index (χ4n) is 3.74. The molecule has 0 aliphatic rings. The van der Waals surface area contributed by atoms with Gasteiger partial charge in [0.05, 0.1) is 16.6 Å². The number of halogens is 1. The van der Waals surface area contributed by atoms with Crippen molar-refractivity contribution in [3.05, 3.63) is 132 Å². The number of rotatable bonds is 8. The fraction of sp³-hybridized carbons (Fsp3) is 0.107. The van der Waals surface area contributed by atoms with Crippen molar-refractivity contribution in [2.75, 3.05) is 10.8 Å². The van der Waals surface area contributed by atoms with Crippen molar-refractivity contribution < 1.29 is 17.6 Å². The van der Waals surface area contributed by atoms with Gasteiger partial charge in [-0.3, -0.25) is 9.10 Å². The summed E-state index contributed by atoms with van der Waals surface area (Å²) in [5.41, 5.74) is 3.17. The van der Waals surface area contributed by atoms with Gasteiger partial charge in [0.1, 0.15) is 12.4 Å². The molecule has 0 spiro atoms. The summed E-state index contributed by atoms with van der Waals surface area (Å²) in [6, 6.07) is 29.8. The van der Waals surface area contributed by atoms with Gasteiger partial charge in [-0.15, -0.1) is 0 Å². The third kappa shape index (κ3) is 5.75. The average Bonchev–Trinajstić information content (AvgIpc) is 2.88. The van der Waals surface area contributed by atoms with Gasteiger partial charge in [0.2, 0.25) is 5.91 Å². The summed E-state index contributed by atoms with van der Waals surface area (Å²) in [4.78, 5) is 13.2. The zero-order valence-corrected chi connectivity index (χ0v) is 20.0. The number of amides is 1. The standard InChI is InChI=1S/C28H25FN2O3S/c1-21-12-14-23(15-13-21)28(22-8-4-2-5-9-22)30-27(32)20-31(25-10-6-3-7-11-25)35(33,34)26-18-16-24(29)17-19-26/h2-19,28H,20H2,1H3,(H,30,32). The summed E-state index contributed by atoms with van der Waals surface area (Å²) in [6.45, 7) is 1.54. The zero-order chi connectivity index (χ0) is 24.8. The molecule has 0 heterocycles. The van der Waals surface area contributed by atoms with Gasteiger partial charge in [-0.1, -0.05) is 78.4 Å². The maximum absolute atomic E-state index is 13.5. The molecule has 0 fully saturated rings. The molecule has 1 atom stereocenters. The Bertz CT molecular complexity index is 1380. The summed E-state index contributed by atoms with van der Waals surface area (Å²) in [6.07, 6.45) is 0. The summed E-state index contributed by atoms with van der Waals surface area (Å²) in [7, 11) is -4.13. The van der Waals surface area contributed by atoms with Crippen molar-refractivity contribution in [3.63, 3.8) is 0 Å². The lowest BCUT2D eigenvalue weighted by Gasteiger charge is -2.26. The van der Waals surface area contributed by atoms with Crippen LogP contribution in [0.3, 0.4) is 0 Å². The molecule has 4 rings (SSSR count). The second-order valence-electron chi connectivity index (χ2n) is 8.12. The Morgan fingerprint density at radius 2 is 1.34 bits per heavy atom. The van der Waals surface area contributed by atoms with Crippen LogP contribution in [0.1, 0.15) is 22.7 Å². The van der Waals surface area contributed by atoms with E-state index in [4.69, 9.17) is 0 Å². The van der Waals surface area contributed by atoms with Crippen LogP contribution in [-0.2, 0) is 14.8 Å². The molecule has 0 radical (unpaired) electrons. The van der Waals surface area contributed by atoms with E-state index in [1.54, 1.807) is 30.3 Å². The Labute approximate surface area is 204 Å². The predicted molar refractivity (Wildman–Crippen MR) is 135 cm³/mol. The fourth-order valence-corrected chi connectivity index (χ4v) is 5.16. The highest BCUT2D eigenvalue weighted by Crippen LogP contribution is 2.25. The van der Waals surface area contributed by atoms with Crippen LogP contribution in [0.25, 0.3) is 0 Å². The number of sulfonamides is 1. The minimum absolute atomic E-state index is 0.103. The van der Waals surface area contributed by atoms with Gasteiger partial charge in [-0.2, -0.15) is 0 Å². The van der Waals surface area contributed by atoms with E-state index in [9.17, 15) is 17.6 Å². The highest BCUT2D eigenvalue weighted by Gasteiger charge is 2.28. The van der Waals surface area contributed by atoms with Crippen LogP contribution in [0, 0.1) is 12.7 Å². The molecule has 0 aromatic heterocycles. The van der Waals surface area contributed by atoms with Gasteiger partial charge in [0.25, 0.3) is 10.0 Å². The van der Waals surface area contributed by atoms with E-state index in [-0.39, 0.29) is 4.90 Å². The van der Waals surface area contributed by atoms with E-state index in [1.165, 1.54) is 12.1 Å². The average molecular weight is 489 g/mol. The molecule has 0 saturated heterocycles. The minimum Gasteiger partial charge on any atom is -0.344 e. The number of aryl methyl sites for hydroxylation is 1. The molecule has 0 aliphatic carbocycles. The van der Waals surface area contributed by atoms with E-state index in [0.717, 1.165) is 33.1 Å². The third-order valence-electron chi connectivity index (χ3n) is 5.58. The quantitative estimate of drug-likeness (QED) is 0.369. The molecular formula is C28H25FN2O3S. The van der Waals surface area contributed by atoms with Crippen LogP contribution in [0.4, 0.5) is 10.1 Å². The molecule has 1 amide bonds. The molecule has 5 nitrogen and oxygen atoms in total. The lowest BCUT2D eigenvalue weighted by atomic mass is 9.98. The molecular weight excluding hydrogens is 463 g/mol. The molecule has 35 heavy (non-hydrogen) atoms. The number of hydrogen-bond acceptors (Lipinski definition) is 3. The van der Waals surface area contributed by atoms with E-state index in [2.05, 4.69) is 5.32 Å². The Hall–Kier alpha value is -3.97. The summed E-state index contributed by atoms with van der Waals surface area (Å²) < 4.78 is 41.4. The molecule has 0 saturated carbocycles. The first-order chi connectivity index (χ1) is 16.8. The highest BCUT2D eigenvalue weighted by atomic mass is 32.2. The van der Waals surface area contributed by atoms with Crippen LogP contribution in [-0.4, -0.2) is 20.9 Å². The van der Waals surface area contributed by atoms with Crippen molar-refractivity contribution in [2.45, 2.75) is 17.9 Å². The Morgan fingerprint density at radius 3 is 1.94 bits per heavy atom. The molecule has 1 unspecified atom stereocenters. The first-order valence-corrected chi connectivity index (χ1v) is 12.5. The number of para-hydroxylation sites is 1. The number of anilines is 1. The first-order valence-electron chi connectivity index (χ1n) is 11.1. The largest absolute Gasteiger partial charge is 0.344 e. The number of carbonyl (C=O) groups excluding carboxylic acids is 1. The maximum Gasteiger partial charge on any atom is 0.264 e. The van der Waals surface area contributed by atoms with Gasteiger partial charge >= 0.3 is 0 Å². The number of nitrogens with zero attached hydrogens (tertiary/aromatic N) is 1. The van der Waals surface area contributed by atoms with Gasteiger partial charge in [-0.05, 0) is 54.4 Å². The third-order valence-corrected chi connectivity index (χ3v) is 7.37. The minimum atomic E-state index is -4.13. The van der Waals surface area contributed by atoms with Crippen LogP contribution >= 0.6 is 0 Å². The normalized spacial score (nSPS) is 12.1. The predicted octanol–water partition coefficient (Wildman–Crippen LogP) is 5.24. The monoisotopic (exact) mass is 488 g/mol. The summed E-state index contributed by atoms with van der Waals surface area (Å²) in [5, 5.41) is 3.00. The van der Waals surface area contributed by atoms with Crippen LogP contribution in [0.15, 0.2) is 114 Å². The van der Waals surface area contributed by atoms with Crippen molar-refractivity contribution in [1.82, 2.24) is 5.32 Å². The second kappa shape index (κ2) is 10.5. The molecule has 4 aromatic carbocycles. The SMILES string of the molecule is Cc1ccc(C(NC(=O)CN(c2ccccc2)S(=O)(=O)c2ccc(F)cc2)c2ccccc2)cc1. The number of benzene rings is 4. The Balaban J connectivity index is 1.66. The van der Waals surface area contributed by atoms with Crippen molar-refractivity contribution in [1.29, 1.82) is 0 Å². The second-order valence-corrected chi connectivity index (χ2v) is 9.99. The van der Waals surface area contributed by atoms with Gasteiger partial charge in [0.15, 0.2) is 0 Å². The molecule has 7 heteroatoms. The van der Waals surface area contributed by atoms with Crippen molar-refractivity contribution in [2.24, 2.45) is 0 Å². The maximum atomic E-state index is 13.5. The topological polar surface area (TPSA) is 66.5 Å². The Morgan fingerprint density at radius 1 is 0.800 bits per heavy atom. The van der Waals surface area contributed by atoms with Gasteiger partial charge < -0.3 is 5.32 Å². The van der Waals surface area contributed by atoms with Crippen molar-refractivity contribution in [3.8, 4) is 0 Å². The lowest BCUT2D eigenvalue weighted by molar-refractivity contribution is -0.120. The molecule has 4 aromatic rings. The molecule has 1 N–H and O–H groups in total. The van der Waals surface area contributed by atoms with Crippen molar-refractivity contribution >= 4 is 21.6 Å². The Kier molecular flexibility index (Phi) is 7.27. The summed E-state index contributed by atoms with van der Waals surface area (Å²) >= 11 is 0. The van der Waals surface area contributed by atoms with Crippen LogP contribution in [0.5, 0.6) is 0 Å². The molecule has 178 valence electrons. The number of nitrogens with one attached hydrogen (secondary N) is 1. The first kappa shape index (κ1) is 24.2. The van der Waals surface area contributed by atoms with Crippen LogP contribution in [0.2, 0.25) is 0 Å². The van der Waals surface area contributed by atoms with E-state index in [1.807, 2.05) is 61.5 Å². The van der Waals surface area contributed by atoms with Gasteiger partial charge in [-0.25, -0.2) is 12.8 Å². The highest BCUT2D eigenvalue weighted by molar-refractivity contribution is 7.92. The molecule has 0 bridgehead atoms. The summed E-state index contributed by atoms with van der Waals surface area (Å²) in [5.74, 6) is -1.02. The number of carbonyl (C=O) groups is 1. The zero-order valence-electron chi connectivity index (χ0n) is 19.1.